The Morgan fingerprint density at radius 1 is 1.11 bits per heavy atom. The molecule has 1 aromatic heterocycles. The van der Waals surface area contributed by atoms with Crippen molar-refractivity contribution in [3.63, 3.8) is 0 Å². The maximum atomic E-state index is 13.7. The van der Waals surface area contributed by atoms with Crippen molar-refractivity contribution in [1.29, 1.82) is 0 Å². The number of piperidine rings is 1. The van der Waals surface area contributed by atoms with Crippen molar-refractivity contribution in [2.45, 2.75) is 70.6 Å². The Morgan fingerprint density at radius 2 is 1.81 bits per heavy atom. The van der Waals surface area contributed by atoms with Crippen LogP contribution >= 0.6 is 0 Å². The molecule has 0 bridgehead atoms. The lowest BCUT2D eigenvalue weighted by molar-refractivity contribution is 0.0562. The standard InChI is InChI=1S/C21H27F2N3O/c1-20(2)10-14(11-21(3,4)25-20)26-8-7-18-15(12-26)19(24-27-18)13-5-6-16(22)17(23)9-13/h5-6,9,14,25H,7-8,10-12H2,1-4H3. The molecule has 1 aromatic carbocycles. The van der Waals surface area contributed by atoms with E-state index in [1.54, 1.807) is 6.07 Å². The molecular formula is C21H27F2N3O. The van der Waals surface area contributed by atoms with Crippen LogP contribution in [0.1, 0.15) is 51.9 Å². The fourth-order valence-corrected chi connectivity index (χ4v) is 4.94. The minimum absolute atomic E-state index is 0.0737. The summed E-state index contributed by atoms with van der Waals surface area (Å²) < 4.78 is 32.5. The van der Waals surface area contributed by atoms with Gasteiger partial charge in [0.05, 0.1) is 0 Å². The molecule has 1 N–H and O–H groups in total. The van der Waals surface area contributed by atoms with Gasteiger partial charge in [0.15, 0.2) is 11.6 Å². The van der Waals surface area contributed by atoms with E-state index in [1.165, 1.54) is 6.07 Å². The Labute approximate surface area is 158 Å². The van der Waals surface area contributed by atoms with Crippen LogP contribution in [-0.4, -0.2) is 33.7 Å². The van der Waals surface area contributed by atoms with Gasteiger partial charge in [-0.05, 0) is 58.7 Å². The lowest BCUT2D eigenvalue weighted by Crippen LogP contribution is -2.62. The van der Waals surface area contributed by atoms with E-state index in [0.29, 0.717) is 17.3 Å². The highest BCUT2D eigenvalue weighted by molar-refractivity contribution is 5.63. The highest BCUT2D eigenvalue weighted by Crippen LogP contribution is 2.36. The number of halogens is 2. The number of hydrogen-bond acceptors (Lipinski definition) is 4. The molecule has 0 unspecified atom stereocenters. The summed E-state index contributed by atoms with van der Waals surface area (Å²) in [6.07, 6.45) is 2.92. The van der Waals surface area contributed by atoms with Crippen LogP contribution in [0.25, 0.3) is 11.3 Å². The first-order valence-corrected chi connectivity index (χ1v) is 9.60. The highest BCUT2D eigenvalue weighted by Gasteiger charge is 2.41. The molecule has 0 saturated carbocycles. The first-order valence-electron chi connectivity index (χ1n) is 9.60. The second kappa shape index (κ2) is 6.38. The van der Waals surface area contributed by atoms with Crippen molar-refractivity contribution in [1.82, 2.24) is 15.4 Å². The molecule has 4 rings (SSSR count). The normalized spacial score (nSPS) is 22.6. The van der Waals surface area contributed by atoms with E-state index in [1.807, 2.05) is 0 Å². The van der Waals surface area contributed by atoms with Gasteiger partial charge >= 0.3 is 0 Å². The first-order chi connectivity index (χ1) is 12.6. The Kier molecular flexibility index (Phi) is 4.39. The summed E-state index contributed by atoms with van der Waals surface area (Å²) in [6.45, 7) is 10.7. The fraction of sp³-hybridized carbons (Fsp3) is 0.571. The molecule has 0 radical (unpaired) electrons. The Bertz CT molecular complexity index is 843. The van der Waals surface area contributed by atoms with Gasteiger partial charge in [-0.1, -0.05) is 5.16 Å². The average Bonchev–Trinajstić information content (AvgIpc) is 2.97. The van der Waals surface area contributed by atoms with Crippen LogP contribution in [0.4, 0.5) is 8.78 Å². The van der Waals surface area contributed by atoms with E-state index in [4.69, 9.17) is 4.52 Å². The molecule has 1 fully saturated rings. The first kappa shape index (κ1) is 18.6. The van der Waals surface area contributed by atoms with Gasteiger partial charge in [-0.2, -0.15) is 0 Å². The van der Waals surface area contributed by atoms with E-state index in [2.05, 4.69) is 43.1 Å². The van der Waals surface area contributed by atoms with E-state index in [0.717, 1.165) is 49.7 Å². The Morgan fingerprint density at radius 3 is 2.48 bits per heavy atom. The van der Waals surface area contributed by atoms with Crippen LogP contribution < -0.4 is 5.32 Å². The van der Waals surface area contributed by atoms with Gasteiger partial charge in [0.25, 0.3) is 0 Å². The lowest BCUT2D eigenvalue weighted by Gasteiger charge is -2.50. The molecule has 0 amide bonds. The van der Waals surface area contributed by atoms with Crippen LogP contribution in [-0.2, 0) is 13.0 Å². The SMILES string of the molecule is CC1(C)CC(N2CCc3onc(-c4ccc(F)c(F)c4)c3C2)CC(C)(C)N1. The summed E-state index contributed by atoms with van der Waals surface area (Å²) in [5, 5.41) is 7.90. The van der Waals surface area contributed by atoms with Crippen LogP contribution in [0.3, 0.4) is 0 Å². The number of nitrogens with one attached hydrogen (secondary N) is 1. The van der Waals surface area contributed by atoms with Crippen LogP contribution in [0.2, 0.25) is 0 Å². The maximum Gasteiger partial charge on any atom is 0.159 e. The van der Waals surface area contributed by atoms with Gasteiger partial charge in [-0.3, -0.25) is 4.90 Å². The largest absolute Gasteiger partial charge is 0.360 e. The van der Waals surface area contributed by atoms with Crippen LogP contribution in [0.15, 0.2) is 22.7 Å². The number of aromatic nitrogens is 1. The fourth-order valence-electron chi connectivity index (χ4n) is 4.94. The summed E-state index contributed by atoms with van der Waals surface area (Å²) in [7, 11) is 0. The minimum atomic E-state index is -0.862. The highest BCUT2D eigenvalue weighted by atomic mass is 19.2. The summed E-state index contributed by atoms with van der Waals surface area (Å²) in [4.78, 5) is 2.49. The van der Waals surface area contributed by atoms with E-state index in [9.17, 15) is 8.78 Å². The quantitative estimate of drug-likeness (QED) is 0.850. The van der Waals surface area contributed by atoms with Gasteiger partial charge in [0.1, 0.15) is 11.5 Å². The Balaban J connectivity index is 1.61. The zero-order valence-corrected chi connectivity index (χ0v) is 16.4. The number of fused-ring (bicyclic) bond motifs is 1. The smallest absolute Gasteiger partial charge is 0.159 e. The van der Waals surface area contributed by atoms with Gasteiger partial charge in [-0.25, -0.2) is 8.78 Å². The van der Waals surface area contributed by atoms with Crippen LogP contribution in [0.5, 0.6) is 0 Å². The summed E-state index contributed by atoms with van der Waals surface area (Å²) in [5.41, 5.74) is 2.34. The average molecular weight is 375 g/mol. The van der Waals surface area contributed by atoms with Crippen LogP contribution in [0, 0.1) is 11.6 Å². The van der Waals surface area contributed by atoms with Crippen molar-refractivity contribution >= 4 is 0 Å². The number of nitrogens with zero attached hydrogens (tertiary/aromatic N) is 2. The summed E-state index contributed by atoms with van der Waals surface area (Å²) in [5.74, 6) is -0.853. The molecule has 0 atom stereocenters. The van der Waals surface area contributed by atoms with Gasteiger partial charge < -0.3 is 9.84 Å². The molecule has 2 aliphatic rings. The van der Waals surface area contributed by atoms with Gasteiger partial charge in [0, 0.05) is 47.8 Å². The predicted molar refractivity (Wildman–Crippen MR) is 100 cm³/mol. The minimum Gasteiger partial charge on any atom is -0.360 e. The molecule has 0 spiro atoms. The molecule has 146 valence electrons. The summed E-state index contributed by atoms with van der Waals surface area (Å²) >= 11 is 0. The topological polar surface area (TPSA) is 41.3 Å². The molecule has 27 heavy (non-hydrogen) atoms. The molecule has 6 heteroatoms. The monoisotopic (exact) mass is 375 g/mol. The van der Waals surface area contributed by atoms with E-state index >= 15 is 0 Å². The summed E-state index contributed by atoms with van der Waals surface area (Å²) in [6, 6.07) is 4.36. The third-order valence-corrected chi connectivity index (χ3v) is 5.73. The third kappa shape index (κ3) is 3.65. The zero-order valence-electron chi connectivity index (χ0n) is 16.4. The Hall–Kier alpha value is -1.79. The number of hydrogen-bond donors (Lipinski definition) is 1. The van der Waals surface area contributed by atoms with Crippen molar-refractivity contribution in [3.05, 3.63) is 41.2 Å². The third-order valence-electron chi connectivity index (χ3n) is 5.73. The van der Waals surface area contributed by atoms with Crippen molar-refractivity contribution in [2.24, 2.45) is 0 Å². The second-order valence-electron chi connectivity index (χ2n) is 9.24. The van der Waals surface area contributed by atoms with Gasteiger partial charge in [0.2, 0.25) is 0 Å². The molecule has 0 aliphatic carbocycles. The van der Waals surface area contributed by atoms with Gasteiger partial charge in [-0.15, -0.1) is 0 Å². The molecule has 2 aliphatic heterocycles. The molecular weight excluding hydrogens is 348 g/mol. The molecule has 2 aromatic rings. The molecule has 3 heterocycles. The number of rotatable bonds is 2. The van der Waals surface area contributed by atoms with Crippen molar-refractivity contribution in [2.75, 3.05) is 6.54 Å². The maximum absolute atomic E-state index is 13.7. The second-order valence-corrected chi connectivity index (χ2v) is 9.24. The van der Waals surface area contributed by atoms with Crippen molar-refractivity contribution < 1.29 is 13.3 Å². The molecule has 4 nitrogen and oxygen atoms in total. The van der Waals surface area contributed by atoms with E-state index in [-0.39, 0.29) is 11.1 Å². The predicted octanol–water partition coefficient (Wildman–Crippen LogP) is 4.29. The van der Waals surface area contributed by atoms with E-state index < -0.39 is 11.6 Å². The van der Waals surface area contributed by atoms with Crippen molar-refractivity contribution in [3.8, 4) is 11.3 Å². The number of benzene rings is 1. The zero-order chi connectivity index (χ0) is 19.4. The lowest BCUT2D eigenvalue weighted by atomic mass is 9.78. The molecule has 1 saturated heterocycles.